The average Bonchev–Trinajstić information content (AvgIpc) is 2.38. The zero-order chi connectivity index (χ0) is 14.0. The third-order valence-electron chi connectivity index (χ3n) is 2.61. The lowest BCUT2D eigenvalue weighted by molar-refractivity contribution is -0.385. The topological polar surface area (TPSA) is 80.4 Å². The van der Waals surface area contributed by atoms with Crippen molar-refractivity contribution in [1.82, 2.24) is 0 Å². The molecular weight excluding hydrogens is 270 g/mol. The Kier molecular flexibility index (Phi) is 3.48. The van der Waals surface area contributed by atoms with Crippen molar-refractivity contribution in [3.63, 3.8) is 0 Å². The maximum Gasteiger partial charge on any atom is 0.342 e. The Balaban J connectivity index is 2.62. The smallest absolute Gasteiger partial charge is 0.342 e. The first-order chi connectivity index (χ1) is 9.00. The second kappa shape index (κ2) is 5.07. The summed E-state index contributed by atoms with van der Waals surface area (Å²) in [6.07, 6.45) is 0. The van der Waals surface area contributed by atoms with Gasteiger partial charge in [0.1, 0.15) is 5.56 Å². The van der Waals surface area contributed by atoms with E-state index >= 15 is 0 Å². The van der Waals surface area contributed by atoms with E-state index < -0.39 is 16.6 Å². The molecule has 5 nitrogen and oxygen atoms in total. The van der Waals surface area contributed by atoms with E-state index in [-0.39, 0.29) is 5.56 Å². The predicted molar refractivity (Wildman–Crippen MR) is 70.5 cm³/mol. The highest BCUT2D eigenvalue weighted by molar-refractivity contribution is 6.33. The molecule has 2 aromatic carbocycles. The van der Waals surface area contributed by atoms with Gasteiger partial charge in [0, 0.05) is 16.7 Å². The van der Waals surface area contributed by atoms with Gasteiger partial charge in [-0.15, -0.1) is 0 Å². The van der Waals surface area contributed by atoms with Crippen LogP contribution in [0.3, 0.4) is 0 Å². The van der Waals surface area contributed by atoms with Crippen LogP contribution in [0.15, 0.2) is 42.5 Å². The van der Waals surface area contributed by atoms with Gasteiger partial charge >= 0.3 is 5.97 Å². The minimum Gasteiger partial charge on any atom is -0.477 e. The van der Waals surface area contributed by atoms with E-state index in [1.165, 1.54) is 18.2 Å². The highest BCUT2D eigenvalue weighted by atomic mass is 35.5. The number of halogens is 1. The number of nitrogens with zero attached hydrogens (tertiary/aromatic N) is 1. The van der Waals surface area contributed by atoms with Gasteiger partial charge in [-0.05, 0) is 17.7 Å². The molecule has 0 bridgehead atoms. The second-order valence-electron chi connectivity index (χ2n) is 3.77. The molecule has 0 aliphatic heterocycles. The summed E-state index contributed by atoms with van der Waals surface area (Å²) < 4.78 is 0. The summed E-state index contributed by atoms with van der Waals surface area (Å²) in [6.45, 7) is 0. The highest BCUT2D eigenvalue weighted by Gasteiger charge is 2.20. The van der Waals surface area contributed by atoms with Crippen LogP contribution >= 0.6 is 11.6 Å². The number of hydrogen-bond donors (Lipinski definition) is 1. The maximum absolute atomic E-state index is 10.9. The van der Waals surface area contributed by atoms with Crippen LogP contribution in [0.2, 0.25) is 5.02 Å². The van der Waals surface area contributed by atoms with Gasteiger partial charge in [0.05, 0.1) is 4.92 Å². The van der Waals surface area contributed by atoms with Crippen molar-refractivity contribution in [1.29, 1.82) is 0 Å². The monoisotopic (exact) mass is 277 g/mol. The highest BCUT2D eigenvalue weighted by Crippen LogP contribution is 2.31. The Morgan fingerprint density at radius 2 is 1.89 bits per heavy atom. The SMILES string of the molecule is O=C(O)c1ccc(-c2ccccc2Cl)cc1[N+](=O)[O-]. The van der Waals surface area contributed by atoms with Crippen LogP contribution in [0.1, 0.15) is 10.4 Å². The van der Waals surface area contributed by atoms with Crippen LogP contribution in [0.5, 0.6) is 0 Å². The van der Waals surface area contributed by atoms with Gasteiger partial charge in [-0.1, -0.05) is 35.9 Å². The summed E-state index contributed by atoms with van der Waals surface area (Å²) in [5.41, 5.74) is 0.317. The van der Waals surface area contributed by atoms with Crippen molar-refractivity contribution < 1.29 is 14.8 Å². The minimum atomic E-state index is -1.34. The van der Waals surface area contributed by atoms with Crippen molar-refractivity contribution in [2.75, 3.05) is 0 Å². The van der Waals surface area contributed by atoms with Crippen LogP contribution in [0.4, 0.5) is 5.69 Å². The molecular formula is C13H8ClNO4. The van der Waals surface area contributed by atoms with Gasteiger partial charge in [0.2, 0.25) is 0 Å². The van der Waals surface area contributed by atoms with E-state index in [1.54, 1.807) is 24.3 Å². The van der Waals surface area contributed by atoms with E-state index in [4.69, 9.17) is 16.7 Å². The fourth-order valence-electron chi connectivity index (χ4n) is 1.73. The number of aromatic carboxylic acids is 1. The van der Waals surface area contributed by atoms with Gasteiger partial charge in [-0.2, -0.15) is 0 Å². The summed E-state index contributed by atoms with van der Waals surface area (Å²) in [6, 6.07) is 10.8. The van der Waals surface area contributed by atoms with Gasteiger partial charge < -0.3 is 5.11 Å². The predicted octanol–water partition coefficient (Wildman–Crippen LogP) is 3.61. The van der Waals surface area contributed by atoms with Crippen molar-refractivity contribution in [2.45, 2.75) is 0 Å². The molecule has 0 aliphatic rings. The maximum atomic E-state index is 10.9. The Morgan fingerprint density at radius 1 is 1.21 bits per heavy atom. The van der Waals surface area contributed by atoms with E-state index in [0.29, 0.717) is 16.1 Å². The molecule has 2 aromatic rings. The molecule has 0 saturated heterocycles. The largest absolute Gasteiger partial charge is 0.477 e. The number of carboxylic acids is 1. The van der Waals surface area contributed by atoms with Crippen molar-refractivity contribution in [3.8, 4) is 11.1 Å². The first-order valence-electron chi connectivity index (χ1n) is 5.27. The summed E-state index contributed by atoms with van der Waals surface area (Å²) >= 11 is 6.01. The van der Waals surface area contributed by atoms with E-state index in [2.05, 4.69) is 0 Å². The van der Waals surface area contributed by atoms with E-state index in [9.17, 15) is 14.9 Å². The number of nitro benzene ring substituents is 1. The Labute approximate surface area is 113 Å². The molecule has 0 saturated carbocycles. The number of nitro groups is 1. The fourth-order valence-corrected chi connectivity index (χ4v) is 1.97. The van der Waals surface area contributed by atoms with Crippen molar-refractivity contribution in [3.05, 3.63) is 63.2 Å². The average molecular weight is 278 g/mol. The summed E-state index contributed by atoms with van der Waals surface area (Å²) in [5, 5.41) is 20.2. The fraction of sp³-hybridized carbons (Fsp3) is 0. The van der Waals surface area contributed by atoms with Gasteiger partial charge in [-0.3, -0.25) is 10.1 Å². The number of carbonyl (C=O) groups is 1. The third kappa shape index (κ3) is 2.56. The molecule has 0 aliphatic carbocycles. The summed E-state index contributed by atoms with van der Waals surface area (Å²) in [4.78, 5) is 21.1. The molecule has 0 atom stereocenters. The van der Waals surface area contributed by atoms with E-state index in [1.807, 2.05) is 0 Å². The normalized spacial score (nSPS) is 10.2. The molecule has 0 fully saturated rings. The molecule has 1 N–H and O–H groups in total. The quantitative estimate of drug-likeness (QED) is 0.686. The molecule has 0 radical (unpaired) electrons. The van der Waals surface area contributed by atoms with Crippen LogP contribution in [0.25, 0.3) is 11.1 Å². The summed E-state index contributed by atoms with van der Waals surface area (Å²) in [5.74, 6) is -1.34. The zero-order valence-corrected chi connectivity index (χ0v) is 10.3. The molecule has 0 heterocycles. The number of rotatable bonds is 3. The van der Waals surface area contributed by atoms with Gasteiger partial charge in [0.25, 0.3) is 5.69 Å². The number of benzene rings is 2. The standard InChI is InChI=1S/C13H8ClNO4/c14-11-4-2-1-3-9(11)8-5-6-10(13(16)17)12(7-8)15(18)19/h1-7H,(H,16,17). The molecule has 96 valence electrons. The first kappa shape index (κ1) is 13.0. The van der Waals surface area contributed by atoms with Crippen LogP contribution in [-0.2, 0) is 0 Å². The van der Waals surface area contributed by atoms with Crippen LogP contribution < -0.4 is 0 Å². The van der Waals surface area contributed by atoms with Crippen molar-refractivity contribution >= 4 is 23.3 Å². The van der Waals surface area contributed by atoms with Crippen LogP contribution in [0, 0.1) is 10.1 Å². The molecule has 0 aromatic heterocycles. The van der Waals surface area contributed by atoms with Gasteiger partial charge in [-0.25, -0.2) is 4.79 Å². The lowest BCUT2D eigenvalue weighted by Gasteiger charge is -2.05. The second-order valence-corrected chi connectivity index (χ2v) is 4.18. The Hall–Kier alpha value is -2.40. The number of hydrogen-bond acceptors (Lipinski definition) is 3. The molecule has 0 amide bonds. The molecule has 0 spiro atoms. The van der Waals surface area contributed by atoms with E-state index in [0.717, 1.165) is 0 Å². The lowest BCUT2D eigenvalue weighted by Crippen LogP contribution is -2.02. The molecule has 2 rings (SSSR count). The zero-order valence-electron chi connectivity index (χ0n) is 9.54. The summed E-state index contributed by atoms with van der Waals surface area (Å²) in [7, 11) is 0. The van der Waals surface area contributed by atoms with Gasteiger partial charge in [0.15, 0.2) is 0 Å². The Bertz CT molecular complexity index is 669. The first-order valence-corrected chi connectivity index (χ1v) is 5.65. The minimum absolute atomic E-state index is 0.346. The third-order valence-corrected chi connectivity index (χ3v) is 2.94. The van der Waals surface area contributed by atoms with Crippen LogP contribution in [-0.4, -0.2) is 16.0 Å². The Morgan fingerprint density at radius 3 is 2.47 bits per heavy atom. The van der Waals surface area contributed by atoms with Crippen molar-refractivity contribution in [2.24, 2.45) is 0 Å². The molecule has 0 unspecified atom stereocenters. The molecule has 6 heteroatoms. The number of carboxylic acid groups (broad SMARTS) is 1. The lowest BCUT2D eigenvalue weighted by atomic mass is 10.0. The molecule has 19 heavy (non-hydrogen) atoms.